The van der Waals surface area contributed by atoms with Gasteiger partial charge in [-0.3, -0.25) is 9.59 Å². The van der Waals surface area contributed by atoms with Crippen LogP contribution in [0.1, 0.15) is 31.4 Å². The zero-order chi connectivity index (χ0) is 14.0. The van der Waals surface area contributed by atoms with Gasteiger partial charge in [-0.2, -0.15) is 0 Å². The van der Waals surface area contributed by atoms with Gasteiger partial charge in [-0.25, -0.2) is 0 Å². The highest BCUT2D eigenvalue weighted by molar-refractivity contribution is 6.30. The van der Waals surface area contributed by atoms with Crippen LogP contribution < -0.4 is 0 Å². The molecule has 0 aromatic heterocycles. The summed E-state index contributed by atoms with van der Waals surface area (Å²) in [4.78, 5) is 25.0. The summed E-state index contributed by atoms with van der Waals surface area (Å²) in [5, 5.41) is 9.92. The second kappa shape index (κ2) is 5.61. The first kappa shape index (κ1) is 13.9. The molecular formula is C14H16ClNO3. The Morgan fingerprint density at radius 1 is 1.53 bits per heavy atom. The summed E-state index contributed by atoms with van der Waals surface area (Å²) in [6.07, 6.45) is 0.670. The molecule has 5 heteroatoms. The topological polar surface area (TPSA) is 57.6 Å². The number of likely N-dealkylation sites (tertiary alicyclic amines) is 1. The van der Waals surface area contributed by atoms with Crippen molar-refractivity contribution in [2.75, 3.05) is 6.54 Å². The van der Waals surface area contributed by atoms with Crippen LogP contribution in [0.4, 0.5) is 0 Å². The first-order valence-electron chi connectivity index (χ1n) is 6.32. The highest BCUT2D eigenvalue weighted by Crippen LogP contribution is 2.37. The fourth-order valence-electron chi connectivity index (χ4n) is 2.69. The van der Waals surface area contributed by atoms with E-state index < -0.39 is 17.9 Å². The Morgan fingerprint density at radius 2 is 2.26 bits per heavy atom. The average Bonchev–Trinajstić information content (AvgIpc) is 2.37. The molecule has 1 aliphatic rings. The molecule has 1 N–H and O–H groups in total. The number of carbonyl (C=O) groups is 2. The van der Waals surface area contributed by atoms with Gasteiger partial charge in [0.25, 0.3) is 0 Å². The standard InChI is InChI=1S/C14H16ClNO3/c1-2-16-12(17)7-6-11(14(18)19)13(16)9-4-3-5-10(15)8-9/h3-5,8,11,13H,2,6-7H2,1H3,(H,18,19). The van der Waals surface area contributed by atoms with Gasteiger partial charge in [0.2, 0.25) is 5.91 Å². The van der Waals surface area contributed by atoms with E-state index in [4.69, 9.17) is 11.6 Å². The molecule has 1 aromatic rings. The van der Waals surface area contributed by atoms with Gasteiger partial charge in [-0.1, -0.05) is 23.7 Å². The van der Waals surface area contributed by atoms with E-state index in [1.54, 1.807) is 23.1 Å². The van der Waals surface area contributed by atoms with Gasteiger partial charge in [0.15, 0.2) is 0 Å². The minimum absolute atomic E-state index is 0.00461. The molecule has 102 valence electrons. The minimum Gasteiger partial charge on any atom is -0.481 e. The largest absolute Gasteiger partial charge is 0.481 e. The summed E-state index contributed by atoms with van der Waals surface area (Å²) in [7, 11) is 0. The minimum atomic E-state index is -0.865. The maximum atomic E-state index is 12.0. The zero-order valence-electron chi connectivity index (χ0n) is 10.7. The molecule has 0 saturated carbocycles. The lowest BCUT2D eigenvalue weighted by molar-refractivity contribution is -0.151. The maximum Gasteiger partial charge on any atom is 0.308 e. The van der Waals surface area contributed by atoms with Crippen molar-refractivity contribution in [3.63, 3.8) is 0 Å². The molecule has 1 fully saturated rings. The SMILES string of the molecule is CCN1C(=O)CCC(C(=O)O)C1c1cccc(Cl)c1. The molecule has 0 bridgehead atoms. The fraction of sp³-hybridized carbons (Fsp3) is 0.429. The summed E-state index contributed by atoms with van der Waals surface area (Å²) in [6, 6.07) is 6.66. The third kappa shape index (κ3) is 2.73. The Morgan fingerprint density at radius 3 is 2.84 bits per heavy atom. The number of hydrogen-bond acceptors (Lipinski definition) is 2. The predicted molar refractivity (Wildman–Crippen MR) is 71.9 cm³/mol. The molecule has 1 saturated heterocycles. The number of hydrogen-bond donors (Lipinski definition) is 1. The van der Waals surface area contributed by atoms with Gasteiger partial charge in [0.1, 0.15) is 0 Å². The Bertz CT molecular complexity index is 501. The molecule has 0 spiro atoms. The molecule has 0 aliphatic carbocycles. The molecule has 2 atom stereocenters. The van der Waals surface area contributed by atoms with Crippen molar-refractivity contribution in [3.8, 4) is 0 Å². The lowest BCUT2D eigenvalue weighted by Gasteiger charge is -2.39. The van der Waals surface area contributed by atoms with E-state index in [2.05, 4.69) is 0 Å². The van der Waals surface area contributed by atoms with E-state index in [1.165, 1.54) is 0 Å². The number of nitrogens with zero attached hydrogens (tertiary/aromatic N) is 1. The van der Waals surface area contributed by atoms with Crippen LogP contribution in [0.2, 0.25) is 5.02 Å². The molecule has 2 rings (SSSR count). The van der Waals surface area contributed by atoms with E-state index in [0.717, 1.165) is 5.56 Å². The Labute approximate surface area is 117 Å². The highest BCUT2D eigenvalue weighted by Gasteiger charge is 2.39. The lowest BCUT2D eigenvalue weighted by Crippen LogP contribution is -2.45. The maximum absolute atomic E-state index is 12.0. The third-order valence-corrected chi connectivity index (χ3v) is 3.79. The van der Waals surface area contributed by atoms with Gasteiger partial charge >= 0.3 is 5.97 Å². The predicted octanol–water partition coefficient (Wildman–Crippen LogP) is 2.72. The number of carboxylic acid groups (broad SMARTS) is 1. The third-order valence-electron chi connectivity index (χ3n) is 3.55. The number of carboxylic acids is 1. The number of rotatable bonds is 3. The number of amides is 1. The van der Waals surface area contributed by atoms with Crippen LogP contribution in [0.5, 0.6) is 0 Å². The molecule has 0 radical (unpaired) electrons. The van der Waals surface area contributed by atoms with E-state index in [-0.39, 0.29) is 5.91 Å². The van der Waals surface area contributed by atoms with Crippen molar-refractivity contribution in [3.05, 3.63) is 34.9 Å². The summed E-state index contributed by atoms with van der Waals surface area (Å²) in [5.41, 5.74) is 0.787. The Hall–Kier alpha value is -1.55. The molecule has 1 aliphatic heterocycles. The number of piperidine rings is 1. The van der Waals surface area contributed by atoms with Crippen LogP contribution in [0.3, 0.4) is 0 Å². The number of halogens is 1. The molecule has 1 aromatic carbocycles. The second-order valence-electron chi connectivity index (χ2n) is 4.66. The van der Waals surface area contributed by atoms with Crippen molar-refractivity contribution >= 4 is 23.5 Å². The molecule has 1 amide bonds. The Kier molecular flexibility index (Phi) is 4.10. The van der Waals surface area contributed by atoms with Crippen molar-refractivity contribution in [2.45, 2.75) is 25.8 Å². The summed E-state index contributed by atoms with van der Waals surface area (Å²) in [6.45, 7) is 2.36. The van der Waals surface area contributed by atoms with Gasteiger partial charge < -0.3 is 10.0 Å². The first-order chi connectivity index (χ1) is 9.04. The average molecular weight is 282 g/mol. The van der Waals surface area contributed by atoms with E-state index >= 15 is 0 Å². The Balaban J connectivity index is 2.44. The van der Waals surface area contributed by atoms with Crippen LogP contribution in [-0.2, 0) is 9.59 Å². The van der Waals surface area contributed by atoms with Gasteiger partial charge in [0, 0.05) is 18.0 Å². The number of aliphatic carboxylic acids is 1. The van der Waals surface area contributed by atoms with Crippen molar-refractivity contribution in [1.82, 2.24) is 4.90 Å². The number of carbonyl (C=O) groups excluding carboxylic acids is 1. The second-order valence-corrected chi connectivity index (χ2v) is 5.10. The van der Waals surface area contributed by atoms with E-state index in [9.17, 15) is 14.7 Å². The van der Waals surface area contributed by atoms with Gasteiger partial charge in [0.05, 0.1) is 12.0 Å². The lowest BCUT2D eigenvalue weighted by atomic mass is 9.84. The fourth-order valence-corrected chi connectivity index (χ4v) is 2.89. The highest BCUT2D eigenvalue weighted by atomic mass is 35.5. The van der Waals surface area contributed by atoms with Crippen LogP contribution >= 0.6 is 11.6 Å². The summed E-state index contributed by atoms with van der Waals surface area (Å²) >= 11 is 5.97. The summed E-state index contributed by atoms with van der Waals surface area (Å²) < 4.78 is 0. The zero-order valence-corrected chi connectivity index (χ0v) is 11.4. The number of benzene rings is 1. The van der Waals surface area contributed by atoms with Gasteiger partial charge in [-0.05, 0) is 31.0 Å². The van der Waals surface area contributed by atoms with Crippen LogP contribution in [0.25, 0.3) is 0 Å². The monoisotopic (exact) mass is 281 g/mol. The molecular weight excluding hydrogens is 266 g/mol. The quantitative estimate of drug-likeness (QED) is 0.927. The first-order valence-corrected chi connectivity index (χ1v) is 6.70. The molecule has 2 unspecified atom stereocenters. The van der Waals surface area contributed by atoms with Crippen LogP contribution in [0.15, 0.2) is 24.3 Å². The van der Waals surface area contributed by atoms with Crippen molar-refractivity contribution < 1.29 is 14.7 Å². The molecule has 4 nitrogen and oxygen atoms in total. The summed E-state index contributed by atoms with van der Waals surface area (Å²) in [5.74, 6) is -1.43. The van der Waals surface area contributed by atoms with Crippen LogP contribution in [-0.4, -0.2) is 28.4 Å². The van der Waals surface area contributed by atoms with E-state index in [1.807, 2.05) is 13.0 Å². The molecule has 19 heavy (non-hydrogen) atoms. The van der Waals surface area contributed by atoms with Crippen molar-refractivity contribution in [1.29, 1.82) is 0 Å². The normalized spacial score (nSPS) is 23.5. The van der Waals surface area contributed by atoms with Crippen molar-refractivity contribution in [2.24, 2.45) is 5.92 Å². The van der Waals surface area contributed by atoms with Gasteiger partial charge in [-0.15, -0.1) is 0 Å². The van der Waals surface area contributed by atoms with E-state index in [0.29, 0.717) is 24.4 Å². The smallest absolute Gasteiger partial charge is 0.308 e. The van der Waals surface area contributed by atoms with Crippen LogP contribution in [0, 0.1) is 5.92 Å². The molecule has 1 heterocycles.